The molecule has 0 radical (unpaired) electrons. The fourth-order valence-corrected chi connectivity index (χ4v) is 3.85. The van der Waals surface area contributed by atoms with E-state index in [0.29, 0.717) is 22.0 Å². The number of carbonyl (C=O) groups excluding carboxylic acids is 2. The molecule has 3 aromatic carbocycles. The quantitative estimate of drug-likeness (QED) is 0.412. The largest absolute Gasteiger partial charge is 0.465 e. The molecule has 0 bridgehead atoms. The first-order chi connectivity index (χ1) is 14.2. The summed E-state index contributed by atoms with van der Waals surface area (Å²) in [6.45, 7) is 0. The van der Waals surface area contributed by atoms with Crippen LogP contribution in [0.4, 0.5) is 0 Å². The molecule has 2 heterocycles. The minimum atomic E-state index is -0.493. The zero-order valence-electron chi connectivity index (χ0n) is 15.6. The smallest absolute Gasteiger partial charge is 0.337 e. The Kier molecular flexibility index (Phi) is 3.88. The van der Waals surface area contributed by atoms with Gasteiger partial charge in [-0.05, 0) is 30.3 Å². The maximum Gasteiger partial charge on any atom is 0.337 e. The summed E-state index contributed by atoms with van der Waals surface area (Å²) in [5, 5.41) is 2.70. The zero-order chi connectivity index (χ0) is 20.0. The maximum absolute atomic E-state index is 13.8. The summed E-state index contributed by atoms with van der Waals surface area (Å²) in [5.74, 6) is -0.733. The van der Waals surface area contributed by atoms with Crippen LogP contribution in [0.2, 0.25) is 0 Å². The first-order valence-electron chi connectivity index (χ1n) is 9.19. The number of hydrogen-bond acceptors (Lipinski definition) is 4. The summed E-state index contributed by atoms with van der Waals surface area (Å²) in [6.07, 6.45) is 1.64. The van der Waals surface area contributed by atoms with Crippen LogP contribution >= 0.6 is 0 Å². The van der Waals surface area contributed by atoms with Gasteiger partial charge in [-0.25, -0.2) is 4.79 Å². The van der Waals surface area contributed by atoms with Gasteiger partial charge in [0.15, 0.2) is 0 Å². The molecule has 0 saturated carbocycles. The van der Waals surface area contributed by atoms with E-state index in [1.807, 2.05) is 54.6 Å². The summed E-state index contributed by atoms with van der Waals surface area (Å²) in [6, 6.07) is 22.4. The molecule has 5 rings (SSSR count). The number of para-hydroxylation sites is 2. The van der Waals surface area contributed by atoms with Crippen molar-refractivity contribution >= 4 is 44.6 Å². The Hall–Kier alpha value is -3.99. The van der Waals surface area contributed by atoms with Crippen LogP contribution in [-0.2, 0) is 4.74 Å². The Balaban J connectivity index is 1.85. The molecule has 5 aromatic rings. The summed E-state index contributed by atoms with van der Waals surface area (Å²) >= 11 is 0. The van der Waals surface area contributed by atoms with E-state index in [2.05, 4.69) is 4.98 Å². The Morgan fingerprint density at radius 2 is 1.52 bits per heavy atom. The minimum absolute atomic E-state index is 0.239. The molecular weight excluding hydrogens is 364 g/mol. The highest BCUT2D eigenvalue weighted by atomic mass is 16.5. The highest BCUT2D eigenvalue weighted by Gasteiger charge is 2.21. The molecule has 2 aromatic heterocycles. The number of fused-ring (bicyclic) bond motifs is 4. The second-order valence-corrected chi connectivity index (χ2v) is 6.77. The van der Waals surface area contributed by atoms with Crippen LogP contribution in [0.25, 0.3) is 32.7 Å². The van der Waals surface area contributed by atoms with E-state index in [1.165, 1.54) is 7.11 Å². The van der Waals surface area contributed by atoms with Crippen molar-refractivity contribution < 1.29 is 14.3 Å². The van der Waals surface area contributed by atoms with Crippen molar-refractivity contribution in [1.82, 2.24) is 9.55 Å². The Morgan fingerprint density at radius 1 is 0.862 bits per heavy atom. The number of methoxy groups -OCH3 is 1. The third kappa shape index (κ3) is 2.59. The molecule has 0 aliphatic carbocycles. The normalized spacial score (nSPS) is 11.2. The topological polar surface area (TPSA) is 61.2 Å². The van der Waals surface area contributed by atoms with Crippen molar-refractivity contribution in [3.05, 3.63) is 90.1 Å². The summed E-state index contributed by atoms with van der Waals surface area (Å²) in [7, 11) is 1.32. The van der Waals surface area contributed by atoms with Crippen molar-refractivity contribution in [2.45, 2.75) is 0 Å². The van der Waals surface area contributed by atoms with Gasteiger partial charge in [0.2, 0.25) is 0 Å². The van der Waals surface area contributed by atoms with Gasteiger partial charge < -0.3 is 4.74 Å². The molecule has 0 N–H and O–H groups in total. The predicted molar refractivity (Wildman–Crippen MR) is 112 cm³/mol. The second kappa shape index (κ2) is 6.56. The molecule has 29 heavy (non-hydrogen) atoms. The van der Waals surface area contributed by atoms with Crippen LogP contribution in [0, 0.1) is 0 Å². The van der Waals surface area contributed by atoms with Gasteiger partial charge in [0.05, 0.1) is 34.8 Å². The molecule has 0 saturated heterocycles. The molecule has 140 valence electrons. The Labute approximate surface area is 166 Å². The highest BCUT2D eigenvalue weighted by molar-refractivity contribution is 6.19. The van der Waals surface area contributed by atoms with Crippen LogP contribution in [0.3, 0.4) is 0 Å². The van der Waals surface area contributed by atoms with Gasteiger partial charge >= 0.3 is 5.97 Å². The van der Waals surface area contributed by atoms with Gasteiger partial charge in [-0.1, -0.05) is 42.5 Å². The van der Waals surface area contributed by atoms with Crippen LogP contribution in [0.5, 0.6) is 0 Å². The number of aromatic nitrogens is 2. The van der Waals surface area contributed by atoms with E-state index < -0.39 is 5.97 Å². The second-order valence-electron chi connectivity index (χ2n) is 6.77. The number of hydrogen-bond donors (Lipinski definition) is 0. The van der Waals surface area contributed by atoms with Crippen LogP contribution in [-0.4, -0.2) is 28.5 Å². The first kappa shape index (κ1) is 17.1. The van der Waals surface area contributed by atoms with E-state index in [-0.39, 0.29) is 5.91 Å². The van der Waals surface area contributed by atoms with E-state index in [1.54, 1.807) is 29.0 Å². The number of rotatable bonds is 2. The molecule has 0 spiro atoms. The summed E-state index contributed by atoms with van der Waals surface area (Å²) in [4.78, 5) is 30.4. The molecule has 0 aliphatic heterocycles. The fraction of sp³-hybridized carbons (Fsp3) is 0.0417. The minimum Gasteiger partial charge on any atom is -0.465 e. The van der Waals surface area contributed by atoms with Gasteiger partial charge in [-0.2, -0.15) is 0 Å². The number of ether oxygens (including phenoxy) is 1. The van der Waals surface area contributed by atoms with Gasteiger partial charge in [-0.3, -0.25) is 14.3 Å². The average Bonchev–Trinajstić information content (AvgIpc) is 3.12. The third-order valence-electron chi connectivity index (χ3n) is 5.14. The van der Waals surface area contributed by atoms with Gasteiger partial charge in [0.25, 0.3) is 5.91 Å². The lowest BCUT2D eigenvalue weighted by Gasteiger charge is -2.10. The number of pyridine rings is 1. The van der Waals surface area contributed by atoms with Crippen molar-refractivity contribution in [2.24, 2.45) is 0 Å². The van der Waals surface area contributed by atoms with Crippen LogP contribution in [0.1, 0.15) is 20.7 Å². The predicted octanol–water partition coefficient (Wildman–Crippen LogP) is 4.82. The molecule has 5 nitrogen and oxygen atoms in total. The molecule has 0 fully saturated rings. The van der Waals surface area contributed by atoms with E-state index in [0.717, 1.165) is 21.8 Å². The van der Waals surface area contributed by atoms with Gasteiger partial charge in [0.1, 0.15) is 0 Å². The number of nitrogens with zero attached hydrogens (tertiary/aromatic N) is 2. The van der Waals surface area contributed by atoms with Crippen LogP contribution < -0.4 is 0 Å². The van der Waals surface area contributed by atoms with Crippen LogP contribution in [0.15, 0.2) is 79.0 Å². The summed E-state index contributed by atoms with van der Waals surface area (Å²) in [5.41, 5.74) is 2.84. The van der Waals surface area contributed by atoms with E-state index in [4.69, 9.17) is 4.74 Å². The monoisotopic (exact) mass is 380 g/mol. The first-order valence-corrected chi connectivity index (χ1v) is 9.19. The number of esters is 1. The zero-order valence-corrected chi connectivity index (χ0v) is 15.6. The molecule has 5 heteroatoms. The Morgan fingerprint density at radius 3 is 2.17 bits per heavy atom. The summed E-state index contributed by atoms with van der Waals surface area (Å²) < 4.78 is 6.56. The lowest BCUT2D eigenvalue weighted by molar-refractivity contribution is 0.0601. The molecule has 0 atom stereocenters. The van der Waals surface area contributed by atoms with Gasteiger partial charge in [0, 0.05) is 22.4 Å². The lowest BCUT2D eigenvalue weighted by atomic mass is 10.0. The van der Waals surface area contributed by atoms with Crippen molar-refractivity contribution in [2.75, 3.05) is 7.11 Å². The maximum atomic E-state index is 13.8. The molecule has 0 aliphatic rings. The lowest BCUT2D eigenvalue weighted by Crippen LogP contribution is -2.14. The van der Waals surface area contributed by atoms with E-state index >= 15 is 0 Å². The Bertz CT molecular complexity index is 1380. The van der Waals surface area contributed by atoms with Crippen molar-refractivity contribution in [1.29, 1.82) is 0 Å². The number of benzene rings is 3. The molecule has 0 amide bonds. The fourth-order valence-electron chi connectivity index (χ4n) is 3.85. The number of carbonyl (C=O) groups is 2. The molecule has 0 unspecified atom stereocenters. The third-order valence-corrected chi connectivity index (χ3v) is 5.14. The molecular formula is C24H16N2O3. The standard InChI is InChI=1S/C24H16N2O3/c1-29-24(28)16-13-15-7-6-12-25-22(15)19(14-16)23(27)26-20-10-4-2-8-17(20)18-9-3-5-11-21(18)26/h2-14H,1H3. The van der Waals surface area contributed by atoms with Crippen molar-refractivity contribution in [3.63, 3.8) is 0 Å². The highest BCUT2D eigenvalue weighted by Crippen LogP contribution is 2.30. The average molecular weight is 380 g/mol. The van der Waals surface area contributed by atoms with Gasteiger partial charge in [-0.15, -0.1) is 0 Å². The SMILES string of the molecule is COC(=O)c1cc(C(=O)n2c3ccccc3c3ccccc32)c2ncccc2c1. The van der Waals surface area contributed by atoms with E-state index in [9.17, 15) is 9.59 Å². The van der Waals surface area contributed by atoms with Crippen molar-refractivity contribution in [3.8, 4) is 0 Å².